The Morgan fingerprint density at radius 3 is 2.75 bits per heavy atom. The molecule has 0 radical (unpaired) electrons. The molecule has 2 rings (SSSR count). The summed E-state index contributed by atoms with van der Waals surface area (Å²) in [4.78, 5) is 22.9. The summed E-state index contributed by atoms with van der Waals surface area (Å²) in [6.45, 7) is 2.79. The van der Waals surface area contributed by atoms with E-state index in [0.29, 0.717) is 11.0 Å². The monoisotopic (exact) mass is 291 g/mol. The van der Waals surface area contributed by atoms with Crippen molar-refractivity contribution in [3.8, 4) is 0 Å². The smallest absolute Gasteiger partial charge is 0.301 e. The number of nitrogens with zero attached hydrogens (tertiary/aromatic N) is 4. The summed E-state index contributed by atoms with van der Waals surface area (Å²) in [5.74, 6) is 0.607. The van der Waals surface area contributed by atoms with E-state index in [9.17, 15) is 10.1 Å². The highest BCUT2D eigenvalue weighted by atomic mass is 32.2. The first-order chi connectivity index (χ1) is 9.70. The van der Waals surface area contributed by atoms with E-state index in [0.717, 1.165) is 24.7 Å². The third kappa shape index (κ3) is 3.64. The Labute approximate surface area is 120 Å². The van der Waals surface area contributed by atoms with Gasteiger partial charge in [0.25, 0.3) is 0 Å². The number of hydrogen-bond donors (Lipinski definition) is 1. The zero-order valence-corrected chi connectivity index (χ0v) is 11.6. The lowest BCUT2D eigenvalue weighted by molar-refractivity contribution is -0.388. The second kappa shape index (κ2) is 6.80. The molecule has 2 heterocycles. The van der Waals surface area contributed by atoms with E-state index in [2.05, 4.69) is 20.3 Å². The topological polar surface area (TPSA) is 93.8 Å². The summed E-state index contributed by atoms with van der Waals surface area (Å²) < 4.78 is 0. The molecule has 0 aliphatic heterocycles. The summed E-state index contributed by atoms with van der Waals surface area (Å²) in [6.07, 6.45) is 4.11. The fourth-order valence-electron chi connectivity index (χ4n) is 1.42. The van der Waals surface area contributed by atoms with Gasteiger partial charge in [0.1, 0.15) is 5.82 Å². The van der Waals surface area contributed by atoms with Crippen LogP contribution in [0.2, 0.25) is 0 Å². The maximum Gasteiger partial charge on any atom is 0.301 e. The molecule has 0 unspecified atom stereocenters. The maximum atomic E-state index is 11.0. The molecular weight excluding hydrogens is 278 g/mol. The van der Waals surface area contributed by atoms with Crippen molar-refractivity contribution >= 4 is 23.3 Å². The van der Waals surface area contributed by atoms with E-state index in [1.54, 1.807) is 24.5 Å². The first-order valence-corrected chi connectivity index (χ1v) is 6.86. The van der Waals surface area contributed by atoms with E-state index in [1.807, 2.05) is 6.92 Å². The summed E-state index contributed by atoms with van der Waals surface area (Å²) in [5.41, 5.74) is -0.0514. The normalized spacial score (nSPS) is 10.2. The van der Waals surface area contributed by atoms with Gasteiger partial charge in [0, 0.05) is 25.0 Å². The lowest BCUT2D eigenvalue weighted by Gasteiger charge is -2.06. The van der Waals surface area contributed by atoms with Gasteiger partial charge in [0.2, 0.25) is 0 Å². The second-order valence-electron chi connectivity index (χ2n) is 3.84. The van der Waals surface area contributed by atoms with Gasteiger partial charge in [-0.2, -0.15) is 0 Å². The molecule has 0 atom stereocenters. The van der Waals surface area contributed by atoms with E-state index in [4.69, 9.17) is 0 Å². The molecule has 0 aliphatic carbocycles. The number of pyridine rings is 1. The minimum Gasteiger partial charge on any atom is -0.370 e. The van der Waals surface area contributed by atoms with Gasteiger partial charge in [0.05, 0.1) is 4.92 Å². The average Bonchev–Trinajstić information content (AvgIpc) is 2.46. The molecule has 0 bridgehead atoms. The average molecular weight is 291 g/mol. The lowest BCUT2D eigenvalue weighted by Crippen LogP contribution is -2.03. The highest BCUT2D eigenvalue weighted by Gasteiger charge is 2.18. The minimum atomic E-state index is -0.456. The van der Waals surface area contributed by atoms with Gasteiger partial charge in [-0.1, -0.05) is 6.92 Å². The van der Waals surface area contributed by atoms with Crippen molar-refractivity contribution in [3.63, 3.8) is 0 Å². The van der Waals surface area contributed by atoms with Crippen LogP contribution in [0.4, 0.5) is 11.5 Å². The van der Waals surface area contributed by atoms with Crippen molar-refractivity contribution in [1.29, 1.82) is 0 Å². The number of hydrogen-bond acceptors (Lipinski definition) is 7. The minimum absolute atomic E-state index is 0.0514. The molecular formula is C12H13N5O2S. The molecule has 0 aromatic carbocycles. The predicted molar refractivity (Wildman–Crippen MR) is 75.8 cm³/mol. The highest BCUT2D eigenvalue weighted by Crippen LogP contribution is 2.31. The lowest BCUT2D eigenvalue weighted by atomic mass is 10.4. The van der Waals surface area contributed by atoms with Gasteiger partial charge < -0.3 is 5.32 Å². The number of rotatable bonds is 6. The molecule has 0 saturated carbocycles. The Balaban J connectivity index is 2.29. The molecule has 0 fully saturated rings. The Morgan fingerprint density at radius 1 is 1.35 bits per heavy atom. The first kappa shape index (κ1) is 14.2. The van der Waals surface area contributed by atoms with Crippen molar-refractivity contribution in [1.82, 2.24) is 15.0 Å². The number of aromatic nitrogens is 3. The molecule has 1 N–H and O–H groups in total. The summed E-state index contributed by atoms with van der Waals surface area (Å²) >= 11 is 1.08. The van der Waals surface area contributed by atoms with Crippen LogP contribution in [0.15, 0.2) is 40.8 Å². The fraction of sp³-hybridized carbons (Fsp3) is 0.250. The number of anilines is 1. The Morgan fingerprint density at radius 2 is 2.10 bits per heavy atom. The van der Waals surface area contributed by atoms with Crippen LogP contribution < -0.4 is 5.32 Å². The van der Waals surface area contributed by atoms with Gasteiger partial charge >= 0.3 is 5.69 Å². The van der Waals surface area contributed by atoms with Crippen LogP contribution in [0.1, 0.15) is 13.3 Å². The van der Waals surface area contributed by atoms with Crippen LogP contribution in [0.5, 0.6) is 0 Å². The third-order valence-electron chi connectivity index (χ3n) is 2.32. The van der Waals surface area contributed by atoms with Crippen molar-refractivity contribution in [2.24, 2.45) is 0 Å². The molecule has 8 heteroatoms. The molecule has 0 saturated heterocycles. The molecule has 2 aromatic heterocycles. The van der Waals surface area contributed by atoms with Gasteiger partial charge in [-0.25, -0.2) is 15.0 Å². The quantitative estimate of drug-likeness (QED) is 0.496. The van der Waals surface area contributed by atoms with Crippen molar-refractivity contribution in [2.75, 3.05) is 11.9 Å². The van der Waals surface area contributed by atoms with Crippen LogP contribution in [0.3, 0.4) is 0 Å². The molecule has 0 spiro atoms. The highest BCUT2D eigenvalue weighted by molar-refractivity contribution is 7.99. The van der Waals surface area contributed by atoms with Crippen molar-refractivity contribution in [2.45, 2.75) is 23.5 Å². The number of nitrogens with one attached hydrogen (secondary N) is 1. The second-order valence-corrected chi connectivity index (χ2v) is 4.79. The molecule has 0 aliphatic rings. The fourth-order valence-corrected chi connectivity index (χ4v) is 2.21. The van der Waals surface area contributed by atoms with Gasteiger partial charge in [-0.05, 0) is 30.3 Å². The largest absolute Gasteiger partial charge is 0.370 e. The molecule has 0 amide bonds. The van der Waals surface area contributed by atoms with Gasteiger partial charge in [-0.15, -0.1) is 0 Å². The summed E-state index contributed by atoms with van der Waals surface area (Å²) in [6, 6.07) is 4.73. The summed E-state index contributed by atoms with van der Waals surface area (Å²) in [5, 5.41) is 14.8. The predicted octanol–water partition coefficient (Wildman–Crippen LogP) is 2.75. The zero-order chi connectivity index (χ0) is 14.4. The van der Waals surface area contributed by atoms with Crippen LogP contribution in [-0.4, -0.2) is 26.4 Å². The zero-order valence-electron chi connectivity index (χ0n) is 10.8. The number of nitro groups is 1. The molecule has 104 valence electrons. The van der Waals surface area contributed by atoms with Crippen LogP contribution >= 0.6 is 11.8 Å². The first-order valence-electron chi connectivity index (χ1n) is 6.05. The van der Waals surface area contributed by atoms with Gasteiger partial charge in [0.15, 0.2) is 10.2 Å². The van der Waals surface area contributed by atoms with Crippen LogP contribution in [0, 0.1) is 10.1 Å². The van der Waals surface area contributed by atoms with E-state index >= 15 is 0 Å². The van der Waals surface area contributed by atoms with Gasteiger partial charge in [-0.3, -0.25) is 10.1 Å². The summed E-state index contributed by atoms with van der Waals surface area (Å²) in [7, 11) is 0. The molecule has 2 aromatic rings. The third-order valence-corrected chi connectivity index (χ3v) is 3.21. The Hall–Kier alpha value is -2.22. The standard InChI is InChI=1S/C12H13N5O2S/c1-2-6-13-10-5-4-9(17(18)19)11(16-10)20-12-14-7-3-8-15-12/h3-5,7-8H,2,6H2,1H3,(H,13,16). The van der Waals surface area contributed by atoms with Crippen LogP contribution in [-0.2, 0) is 0 Å². The van der Waals surface area contributed by atoms with E-state index in [-0.39, 0.29) is 10.7 Å². The van der Waals surface area contributed by atoms with E-state index in [1.165, 1.54) is 6.07 Å². The molecule has 7 nitrogen and oxygen atoms in total. The van der Waals surface area contributed by atoms with Crippen molar-refractivity contribution < 1.29 is 4.92 Å². The molecule has 20 heavy (non-hydrogen) atoms. The Bertz CT molecular complexity index is 594. The van der Waals surface area contributed by atoms with Crippen LogP contribution in [0.25, 0.3) is 0 Å². The van der Waals surface area contributed by atoms with E-state index < -0.39 is 4.92 Å². The van der Waals surface area contributed by atoms with Crippen molar-refractivity contribution in [3.05, 3.63) is 40.7 Å². The Kier molecular flexibility index (Phi) is 4.83. The maximum absolute atomic E-state index is 11.0. The SMILES string of the molecule is CCCNc1ccc([N+](=O)[O-])c(Sc2ncccn2)n1.